The fraction of sp³-hybridized carbons (Fsp3) is 0.536. The Labute approximate surface area is 237 Å². The highest BCUT2D eigenvalue weighted by atomic mass is 35.5. The first-order chi connectivity index (χ1) is 18.1. The number of amides is 1. The van der Waals surface area contributed by atoms with E-state index in [4.69, 9.17) is 35.1 Å². The molecular formula is C28H39ClNO8P. The van der Waals surface area contributed by atoms with Crippen LogP contribution in [0.4, 0.5) is 4.79 Å². The molecular weight excluding hydrogens is 545 g/mol. The summed E-state index contributed by atoms with van der Waals surface area (Å²) in [5, 5.41) is 12.9. The minimum absolute atomic E-state index is 0.204. The van der Waals surface area contributed by atoms with Crippen molar-refractivity contribution in [3.8, 4) is 11.5 Å². The Morgan fingerprint density at radius 1 is 0.846 bits per heavy atom. The number of benzene rings is 2. The predicted octanol–water partition coefficient (Wildman–Crippen LogP) is 7.26. The minimum atomic E-state index is -2.00. The van der Waals surface area contributed by atoms with E-state index in [1.165, 1.54) is 0 Å². The Morgan fingerprint density at radius 3 is 1.72 bits per heavy atom. The van der Waals surface area contributed by atoms with E-state index < -0.39 is 37.5 Å². The zero-order chi connectivity index (χ0) is 29.3. The van der Waals surface area contributed by atoms with Gasteiger partial charge in [-0.25, -0.2) is 13.9 Å². The second-order valence-corrected chi connectivity index (χ2v) is 12.0. The van der Waals surface area contributed by atoms with Crippen molar-refractivity contribution in [3.63, 3.8) is 0 Å². The Bertz CT molecular complexity index is 1050. The first-order valence-corrected chi connectivity index (χ1v) is 13.7. The summed E-state index contributed by atoms with van der Waals surface area (Å²) < 4.78 is 41.1. The van der Waals surface area contributed by atoms with E-state index >= 15 is 0 Å². The van der Waals surface area contributed by atoms with Crippen LogP contribution in [0.25, 0.3) is 0 Å². The van der Waals surface area contributed by atoms with Crippen LogP contribution in [0.2, 0.25) is 5.02 Å². The number of carboxylic acid groups (broad SMARTS) is 1. The number of aryl methyl sites for hydroxylation is 1. The highest BCUT2D eigenvalue weighted by Gasteiger charge is 2.58. The Hall–Kier alpha value is -2.42. The lowest BCUT2D eigenvalue weighted by atomic mass is 9.89. The molecule has 0 fully saturated rings. The van der Waals surface area contributed by atoms with E-state index in [-0.39, 0.29) is 6.42 Å². The lowest BCUT2D eigenvalue weighted by Gasteiger charge is -2.50. The van der Waals surface area contributed by atoms with Gasteiger partial charge in [0.2, 0.25) is 0 Å². The van der Waals surface area contributed by atoms with Crippen molar-refractivity contribution in [2.45, 2.75) is 84.0 Å². The minimum Gasteiger partial charge on any atom is -0.490 e. The zero-order valence-corrected chi connectivity index (χ0v) is 25.2. The molecule has 11 heteroatoms. The molecule has 39 heavy (non-hydrogen) atoms. The molecule has 2 rings (SSSR count). The third-order valence-electron chi connectivity index (χ3n) is 5.37. The van der Waals surface area contributed by atoms with E-state index in [0.717, 1.165) is 5.56 Å². The molecule has 0 spiro atoms. The van der Waals surface area contributed by atoms with Crippen molar-refractivity contribution in [1.29, 1.82) is 0 Å². The lowest BCUT2D eigenvalue weighted by molar-refractivity contribution is -0.423. The molecule has 9 nitrogen and oxygen atoms in total. The van der Waals surface area contributed by atoms with Gasteiger partial charge in [-0.3, -0.25) is 0 Å². The van der Waals surface area contributed by atoms with Gasteiger partial charge in [-0.15, -0.1) is 0 Å². The molecule has 0 aliphatic rings. The quantitative estimate of drug-likeness (QED) is 0.136. The van der Waals surface area contributed by atoms with Crippen LogP contribution in [-0.4, -0.2) is 47.1 Å². The molecule has 0 heterocycles. The first-order valence-electron chi connectivity index (χ1n) is 12.6. The highest BCUT2D eigenvalue weighted by Crippen LogP contribution is 2.42. The summed E-state index contributed by atoms with van der Waals surface area (Å²) in [4.78, 5) is 11.9. The number of rotatable bonds is 14. The SMILES string of the molecule is CC(C)(C)OC(OP=O)(OC(C)(C)C)C(C)(CCc1ccc(OCCOc2ccc(Cl)cc2)cc1)NC(=O)O. The van der Waals surface area contributed by atoms with Gasteiger partial charge in [-0.1, -0.05) is 23.7 Å². The van der Waals surface area contributed by atoms with E-state index in [1.807, 2.05) is 24.3 Å². The maximum Gasteiger partial charge on any atom is 0.405 e. The van der Waals surface area contributed by atoms with E-state index in [0.29, 0.717) is 36.2 Å². The summed E-state index contributed by atoms with van der Waals surface area (Å²) in [5.41, 5.74) is -2.19. The third-order valence-corrected chi connectivity index (χ3v) is 5.94. The second-order valence-electron chi connectivity index (χ2n) is 11.2. The average molecular weight is 584 g/mol. The molecule has 216 valence electrons. The van der Waals surface area contributed by atoms with Crippen molar-refractivity contribution >= 4 is 26.4 Å². The molecule has 0 radical (unpaired) electrons. The van der Waals surface area contributed by atoms with Crippen LogP contribution in [0.5, 0.6) is 11.5 Å². The molecule has 0 aliphatic carbocycles. The molecule has 2 aromatic rings. The Kier molecular flexibility index (Phi) is 11.6. The zero-order valence-electron chi connectivity index (χ0n) is 23.6. The normalized spacial score (nSPS) is 14.1. The van der Waals surface area contributed by atoms with Crippen LogP contribution in [0.3, 0.4) is 0 Å². The monoisotopic (exact) mass is 583 g/mol. The Morgan fingerprint density at radius 2 is 1.31 bits per heavy atom. The van der Waals surface area contributed by atoms with Gasteiger partial charge in [0.1, 0.15) is 30.3 Å². The molecule has 1 unspecified atom stereocenters. The predicted molar refractivity (Wildman–Crippen MR) is 150 cm³/mol. The fourth-order valence-corrected chi connectivity index (χ4v) is 4.26. The summed E-state index contributed by atoms with van der Waals surface area (Å²) in [5.74, 6) is -0.628. The average Bonchev–Trinajstić information content (AvgIpc) is 2.80. The smallest absolute Gasteiger partial charge is 0.405 e. The summed E-state index contributed by atoms with van der Waals surface area (Å²) in [6.07, 6.45) is -0.665. The molecule has 0 saturated carbocycles. The number of carbonyl (C=O) groups is 1. The molecule has 1 amide bonds. The van der Waals surface area contributed by atoms with Gasteiger partial charge >= 0.3 is 20.8 Å². The van der Waals surface area contributed by atoms with Gasteiger partial charge in [0.25, 0.3) is 0 Å². The van der Waals surface area contributed by atoms with Crippen LogP contribution < -0.4 is 14.8 Å². The van der Waals surface area contributed by atoms with Gasteiger partial charge in [0, 0.05) is 5.02 Å². The number of ether oxygens (including phenoxy) is 4. The second kappa shape index (κ2) is 13.8. The highest BCUT2D eigenvalue weighted by molar-refractivity contribution is 7.17. The summed E-state index contributed by atoms with van der Waals surface area (Å²) >= 11 is 5.88. The fourth-order valence-electron chi connectivity index (χ4n) is 3.76. The number of nitrogens with one attached hydrogen (secondary N) is 1. The van der Waals surface area contributed by atoms with Crippen LogP contribution in [0, 0.1) is 0 Å². The van der Waals surface area contributed by atoms with Gasteiger partial charge in [-0.2, -0.15) is 0 Å². The third kappa shape index (κ3) is 10.9. The lowest BCUT2D eigenvalue weighted by Crippen LogP contribution is -2.68. The molecule has 2 N–H and O–H groups in total. The van der Waals surface area contributed by atoms with Crippen LogP contribution in [0.15, 0.2) is 48.5 Å². The first kappa shape index (κ1) is 32.8. The molecule has 0 aliphatic heterocycles. The van der Waals surface area contributed by atoms with Crippen LogP contribution in [-0.2, 0) is 25.0 Å². The molecule has 2 aromatic carbocycles. The van der Waals surface area contributed by atoms with Gasteiger partial charge in [-0.05, 0) is 103 Å². The summed E-state index contributed by atoms with van der Waals surface area (Å²) in [6, 6.07) is 14.5. The van der Waals surface area contributed by atoms with Crippen molar-refractivity contribution in [1.82, 2.24) is 5.32 Å². The maximum atomic E-state index is 11.9. The maximum absolute atomic E-state index is 11.9. The van der Waals surface area contributed by atoms with E-state index in [1.54, 1.807) is 72.7 Å². The summed E-state index contributed by atoms with van der Waals surface area (Å²) in [6.45, 7) is 13.0. The standard InChI is InChI=1S/C28H39ClNO8P/c1-25(2,3)36-28(38-39-33,37-26(4,5)6)27(7,30-24(31)32)17-16-20-8-12-22(13-9-20)34-18-19-35-23-14-10-21(29)11-15-23/h8-15,30H,16-19H2,1-7H3,(H,31,32). The number of hydrogen-bond donors (Lipinski definition) is 2. The summed E-state index contributed by atoms with van der Waals surface area (Å²) in [7, 11) is -0.723. The van der Waals surface area contributed by atoms with Crippen molar-refractivity contribution in [2.75, 3.05) is 13.2 Å². The van der Waals surface area contributed by atoms with E-state index in [2.05, 4.69) is 5.32 Å². The van der Waals surface area contributed by atoms with Crippen LogP contribution >= 0.6 is 20.3 Å². The molecule has 0 bridgehead atoms. The number of halogens is 1. The number of hydrogen-bond acceptors (Lipinski definition) is 7. The van der Waals surface area contributed by atoms with Crippen molar-refractivity contribution in [2.24, 2.45) is 0 Å². The van der Waals surface area contributed by atoms with Crippen molar-refractivity contribution in [3.05, 3.63) is 59.1 Å². The van der Waals surface area contributed by atoms with Gasteiger partial charge < -0.3 is 29.4 Å². The molecule has 0 saturated heterocycles. The van der Waals surface area contributed by atoms with Gasteiger partial charge in [0.05, 0.1) is 11.2 Å². The van der Waals surface area contributed by atoms with E-state index in [9.17, 15) is 14.5 Å². The molecule has 1 atom stereocenters. The van der Waals surface area contributed by atoms with Gasteiger partial charge in [0.15, 0.2) is 0 Å². The Balaban J connectivity index is 2.14. The molecule has 0 aromatic heterocycles. The van der Waals surface area contributed by atoms with Crippen molar-refractivity contribution < 1.29 is 37.9 Å². The topological polar surface area (TPSA) is 113 Å². The largest absolute Gasteiger partial charge is 0.490 e. The van der Waals surface area contributed by atoms with Crippen LogP contribution in [0.1, 0.15) is 60.5 Å².